The topological polar surface area (TPSA) is 79.5 Å². The SMILES string of the molecule is Cc1cc([N+](=O)[O-])cnc1N1CC[C@@H](O)C1. The molecule has 1 N–H and O–H groups in total. The summed E-state index contributed by atoms with van der Waals surface area (Å²) < 4.78 is 0. The Balaban J connectivity index is 2.26. The van der Waals surface area contributed by atoms with Crippen LogP contribution in [0.1, 0.15) is 12.0 Å². The Kier molecular flexibility index (Phi) is 2.74. The van der Waals surface area contributed by atoms with E-state index in [0.717, 1.165) is 24.3 Å². The van der Waals surface area contributed by atoms with E-state index in [0.29, 0.717) is 6.54 Å². The van der Waals surface area contributed by atoms with E-state index < -0.39 is 4.92 Å². The van der Waals surface area contributed by atoms with Gasteiger partial charge in [-0.25, -0.2) is 4.98 Å². The molecule has 2 heterocycles. The van der Waals surface area contributed by atoms with E-state index in [1.54, 1.807) is 6.92 Å². The number of hydrogen-bond acceptors (Lipinski definition) is 5. The predicted octanol–water partition coefficient (Wildman–Crippen LogP) is 0.869. The molecule has 0 amide bonds. The van der Waals surface area contributed by atoms with Gasteiger partial charge in [-0.05, 0) is 18.9 Å². The van der Waals surface area contributed by atoms with Gasteiger partial charge < -0.3 is 10.0 Å². The molecule has 0 saturated carbocycles. The van der Waals surface area contributed by atoms with Crippen LogP contribution in [0.25, 0.3) is 0 Å². The molecular weight excluding hydrogens is 210 g/mol. The molecule has 1 aliphatic rings. The third-order valence-electron chi connectivity index (χ3n) is 2.71. The lowest BCUT2D eigenvalue weighted by Crippen LogP contribution is -2.23. The third kappa shape index (κ3) is 1.96. The molecule has 0 aromatic carbocycles. The number of hydrogen-bond donors (Lipinski definition) is 1. The first kappa shape index (κ1) is 10.8. The number of aromatic nitrogens is 1. The predicted molar refractivity (Wildman–Crippen MR) is 58.5 cm³/mol. The normalized spacial score (nSPS) is 20.1. The number of nitro groups is 1. The van der Waals surface area contributed by atoms with Crippen LogP contribution in [0.3, 0.4) is 0 Å². The van der Waals surface area contributed by atoms with Crippen LogP contribution in [-0.4, -0.2) is 34.2 Å². The van der Waals surface area contributed by atoms with Gasteiger partial charge in [0.2, 0.25) is 0 Å². The smallest absolute Gasteiger partial charge is 0.287 e. The van der Waals surface area contributed by atoms with Crippen molar-refractivity contribution in [3.63, 3.8) is 0 Å². The summed E-state index contributed by atoms with van der Waals surface area (Å²) in [5, 5.41) is 20.0. The molecule has 6 heteroatoms. The Morgan fingerprint density at radius 3 is 2.94 bits per heavy atom. The van der Waals surface area contributed by atoms with Crippen LogP contribution in [0, 0.1) is 17.0 Å². The summed E-state index contributed by atoms with van der Waals surface area (Å²) in [6.45, 7) is 3.08. The van der Waals surface area contributed by atoms with Gasteiger partial charge in [0.05, 0.1) is 11.0 Å². The van der Waals surface area contributed by atoms with Crippen LogP contribution in [-0.2, 0) is 0 Å². The number of anilines is 1. The van der Waals surface area contributed by atoms with Gasteiger partial charge in [-0.15, -0.1) is 0 Å². The highest BCUT2D eigenvalue weighted by Crippen LogP contribution is 2.24. The van der Waals surface area contributed by atoms with E-state index >= 15 is 0 Å². The summed E-state index contributed by atoms with van der Waals surface area (Å²) >= 11 is 0. The van der Waals surface area contributed by atoms with Crippen molar-refractivity contribution in [2.24, 2.45) is 0 Å². The van der Waals surface area contributed by atoms with Crippen LogP contribution in [0.4, 0.5) is 11.5 Å². The van der Waals surface area contributed by atoms with Gasteiger partial charge >= 0.3 is 0 Å². The Hall–Kier alpha value is -1.69. The molecule has 1 atom stereocenters. The highest BCUT2D eigenvalue weighted by atomic mass is 16.6. The highest BCUT2D eigenvalue weighted by Gasteiger charge is 2.23. The van der Waals surface area contributed by atoms with E-state index in [9.17, 15) is 15.2 Å². The lowest BCUT2D eigenvalue weighted by atomic mass is 10.2. The zero-order chi connectivity index (χ0) is 11.7. The van der Waals surface area contributed by atoms with E-state index in [1.165, 1.54) is 12.3 Å². The van der Waals surface area contributed by atoms with Crippen LogP contribution >= 0.6 is 0 Å². The molecule has 0 aliphatic carbocycles. The lowest BCUT2D eigenvalue weighted by molar-refractivity contribution is -0.385. The molecule has 1 saturated heterocycles. The fraction of sp³-hybridized carbons (Fsp3) is 0.500. The minimum Gasteiger partial charge on any atom is -0.391 e. The fourth-order valence-electron chi connectivity index (χ4n) is 1.92. The van der Waals surface area contributed by atoms with E-state index in [1.807, 2.05) is 4.90 Å². The highest BCUT2D eigenvalue weighted by molar-refractivity contribution is 5.51. The van der Waals surface area contributed by atoms with Crippen LogP contribution in [0.2, 0.25) is 0 Å². The van der Waals surface area contributed by atoms with E-state index in [4.69, 9.17) is 0 Å². The lowest BCUT2D eigenvalue weighted by Gasteiger charge is -2.18. The number of aliphatic hydroxyl groups is 1. The molecule has 1 aromatic rings. The maximum absolute atomic E-state index is 10.5. The number of β-amino-alcohol motifs (C(OH)–C–C–N with tert-alkyl or cyclic N) is 1. The number of aryl methyl sites for hydroxylation is 1. The van der Waals surface area contributed by atoms with Crippen molar-refractivity contribution < 1.29 is 10.0 Å². The Morgan fingerprint density at radius 2 is 2.44 bits per heavy atom. The second-order valence-corrected chi connectivity index (χ2v) is 3.98. The monoisotopic (exact) mass is 223 g/mol. The summed E-state index contributed by atoms with van der Waals surface area (Å²) in [7, 11) is 0. The van der Waals surface area contributed by atoms with Crippen LogP contribution in [0.5, 0.6) is 0 Å². The van der Waals surface area contributed by atoms with E-state index in [-0.39, 0.29) is 11.8 Å². The van der Waals surface area contributed by atoms with Crippen molar-refractivity contribution in [3.8, 4) is 0 Å². The quantitative estimate of drug-likeness (QED) is 0.594. The average molecular weight is 223 g/mol. The molecule has 86 valence electrons. The van der Waals surface area contributed by atoms with Gasteiger partial charge in [-0.2, -0.15) is 0 Å². The Morgan fingerprint density at radius 1 is 1.69 bits per heavy atom. The molecule has 0 bridgehead atoms. The van der Waals surface area contributed by atoms with Gasteiger partial charge in [-0.3, -0.25) is 10.1 Å². The average Bonchev–Trinajstić information content (AvgIpc) is 2.64. The second kappa shape index (κ2) is 4.05. The molecule has 0 unspecified atom stereocenters. The van der Waals surface area contributed by atoms with Crippen molar-refractivity contribution in [3.05, 3.63) is 27.9 Å². The van der Waals surface area contributed by atoms with Gasteiger partial charge in [0, 0.05) is 19.2 Å². The molecule has 0 spiro atoms. The van der Waals surface area contributed by atoms with E-state index in [2.05, 4.69) is 4.98 Å². The van der Waals surface area contributed by atoms with Crippen molar-refractivity contribution >= 4 is 11.5 Å². The number of rotatable bonds is 2. The summed E-state index contributed by atoms with van der Waals surface area (Å²) in [6.07, 6.45) is 1.65. The maximum Gasteiger partial charge on any atom is 0.287 e. The molecular formula is C10H13N3O3. The molecule has 1 aromatic heterocycles. The van der Waals surface area contributed by atoms with Crippen molar-refractivity contribution in [1.29, 1.82) is 0 Å². The molecule has 6 nitrogen and oxygen atoms in total. The third-order valence-corrected chi connectivity index (χ3v) is 2.71. The molecule has 2 rings (SSSR count). The number of pyridine rings is 1. The number of nitrogens with zero attached hydrogens (tertiary/aromatic N) is 3. The standard InChI is InChI=1S/C10H13N3O3/c1-7-4-8(13(15)16)5-11-10(7)12-3-2-9(14)6-12/h4-5,9,14H,2-3,6H2,1H3/t9-/m1/s1. The van der Waals surface area contributed by atoms with Gasteiger partial charge in [0.1, 0.15) is 12.0 Å². The zero-order valence-corrected chi connectivity index (χ0v) is 8.96. The molecule has 1 fully saturated rings. The first-order valence-corrected chi connectivity index (χ1v) is 5.12. The van der Waals surface area contributed by atoms with Crippen molar-refractivity contribution in [2.45, 2.75) is 19.4 Å². The first-order chi connectivity index (χ1) is 7.58. The molecule has 0 radical (unpaired) electrons. The summed E-state index contributed by atoms with van der Waals surface area (Å²) in [5.74, 6) is 0.724. The van der Waals surface area contributed by atoms with Crippen LogP contribution in [0.15, 0.2) is 12.3 Å². The largest absolute Gasteiger partial charge is 0.391 e. The number of aliphatic hydroxyl groups excluding tert-OH is 1. The summed E-state index contributed by atoms with van der Waals surface area (Å²) in [5.41, 5.74) is 0.768. The van der Waals surface area contributed by atoms with Crippen LogP contribution < -0.4 is 4.90 Å². The second-order valence-electron chi connectivity index (χ2n) is 3.98. The fourth-order valence-corrected chi connectivity index (χ4v) is 1.92. The zero-order valence-electron chi connectivity index (χ0n) is 8.96. The van der Waals surface area contributed by atoms with Gasteiger partial charge in [0.15, 0.2) is 0 Å². The molecule has 1 aliphatic heterocycles. The molecule has 16 heavy (non-hydrogen) atoms. The van der Waals surface area contributed by atoms with Crippen molar-refractivity contribution in [2.75, 3.05) is 18.0 Å². The Bertz CT molecular complexity index is 422. The minimum absolute atomic E-state index is 0.000922. The minimum atomic E-state index is -0.456. The first-order valence-electron chi connectivity index (χ1n) is 5.12. The summed E-state index contributed by atoms with van der Waals surface area (Å²) in [4.78, 5) is 16.1. The maximum atomic E-state index is 10.5. The summed E-state index contributed by atoms with van der Waals surface area (Å²) in [6, 6.07) is 1.51. The van der Waals surface area contributed by atoms with Crippen molar-refractivity contribution in [1.82, 2.24) is 4.98 Å². The van der Waals surface area contributed by atoms with Gasteiger partial charge in [0.25, 0.3) is 5.69 Å². The van der Waals surface area contributed by atoms with Gasteiger partial charge in [-0.1, -0.05) is 0 Å². The Labute approximate surface area is 92.7 Å².